The minimum Gasteiger partial charge on any atom is -0.452 e. The van der Waals surface area contributed by atoms with E-state index in [-0.39, 0.29) is 5.92 Å². The van der Waals surface area contributed by atoms with Crippen LogP contribution in [0.2, 0.25) is 0 Å². The van der Waals surface area contributed by atoms with Crippen LogP contribution < -0.4 is 0 Å². The molecule has 264 valence electrons. The quantitative estimate of drug-likeness (QED) is 0.172. The molecular weight excluding hydrogens is 683 g/mol. The molecule has 0 bridgehead atoms. The third kappa shape index (κ3) is 5.46. The number of hydrogen-bond donors (Lipinski definition) is 0. The number of hydrogen-bond acceptors (Lipinski definition) is 3. The second kappa shape index (κ2) is 13.2. The number of rotatable bonds is 6. The Kier molecular flexibility index (Phi) is 7.59. The van der Waals surface area contributed by atoms with E-state index in [4.69, 9.17) is 14.4 Å². The number of benzene rings is 7. The number of nitrogens with zero attached hydrogens (tertiary/aromatic N) is 3. The van der Waals surface area contributed by atoms with E-state index >= 15 is 0 Å². The monoisotopic (exact) mass is 717 g/mol. The summed E-state index contributed by atoms with van der Waals surface area (Å²) < 4.78 is 9.05. The van der Waals surface area contributed by atoms with Crippen molar-refractivity contribution in [2.75, 3.05) is 0 Å². The molecule has 1 aliphatic carbocycles. The largest absolute Gasteiger partial charge is 0.452 e. The van der Waals surface area contributed by atoms with Crippen molar-refractivity contribution in [2.45, 2.75) is 12.3 Å². The van der Waals surface area contributed by atoms with Crippen LogP contribution in [0.3, 0.4) is 0 Å². The van der Waals surface area contributed by atoms with Crippen LogP contribution in [0.1, 0.15) is 23.5 Å². The zero-order chi connectivity index (χ0) is 37.0. The third-order valence-electron chi connectivity index (χ3n) is 11.2. The Balaban J connectivity index is 0.998. The highest BCUT2D eigenvalue weighted by molar-refractivity contribution is 6.10. The first-order valence-corrected chi connectivity index (χ1v) is 19.2. The maximum absolute atomic E-state index is 6.66. The van der Waals surface area contributed by atoms with Gasteiger partial charge in [-0.25, -0.2) is 9.97 Å². The predicted molar refractivity (Wildman–Crippen MR) is 231 cm³/mol. The van der Waals surface area contributed by atoms with Crippen LogP contribution >= 0.6 is 0 Å². The third-order valence-corrected chi connectivity index (χ3v) is 11.2. The molecule has 0 aliphatic heterocycles. The summed E-state index contributed by atoms with van der Waals surface area (Å²) in [6.07, 6.45) is 7.69. The highest BCUT2D eigenvalue weighted by Crippen LogP contribution is 2.41. The van der Waals surface area contributed by atoms with Gasteiger partial charge in [0.1, 0.15) is 16.8 Å². The van der Waals surface area contributed by atoms with Gasteiger partial charge in [0, 0.05) is 38.9 Å². The second-order valence-corrected chi connectivity index (χ2v) is 14.6. The maximum atomic E-state index is 6.66. The highest BCUT2D eigenvalue weighted by Gasteiger charge is 2.22. The Labute approximate surface area is 324 Å². The van der Waals surface area contributed by atoms with Crippen molar-refractivity contribution in [2.24, 2.45) is 0 Å². The summed E-state index contributed by atoms with van der Waals surface area (Å²) in [4.78, 5) is 10.4. The molecule has 4 nitrogen and oxygen atoms in total. The van der Waals surface area contributed by atoms with Crippen molar-refractivity contribution in [3.63, 3.8) is 0 Å². The van der Waals surface area contributed by atoms with Gasteiger partial charge >= 0.3 is 0 Å². The number of allylic oxidation sites excluding steroid dienone is 4. The van der Waals surface area contributed by atoms with Crippen molar-refractivity contribution < 1.29 is 4.42 Å². The second-order valence-electron chi connectivity index (χ2n) is 14.6. The van der Waals surface area contributed by atoms with Crippen LogP contribution in [0, 0.1) is 0 Å². The average molecular weight is 718 g/mol. The predicted octanol–water partition coefficient (Wildman–Crippen LogP) is 13.6. The molecule has 0 saturated carbocycles. The lowest BCUT2D eigenvalue weighted by atomic mass is 9.85. The van der Waals surface area contributed by atoms with Crippen molar-refractivity contribution >= 4 is 49.4 Å². The lowest BCUT2D eigenvalue weighted by Crippen LogP contribution is -2.01. The number of furan rings is 1. The molecular formula is C52H35N3O. The van der Waals surface area contributed by atoms with Gasteiger partial charge in [-0.1, -0.05) is 152 Å². The lowest BCUT2D eigenvalue weighted by Gasteiger charge is -2.20. The zero-order valence-electron chi connectivity index (χ0n) is 30.5. The molecule has 0 spiro atoms. The van der Waals surface area contributed by atoms with E-state index in [2.05, 4.69) is 174 Å². The van der Waals surface area contributed by atoms with E-state index in [9.17, 15) is 0 Å². The van der Waals surface area contributed by atoms with Crippen LogP contribution in [0.4, 0.5) is 0 Å². The molecule has 0 N–H and O–H groups in total. The topological polar surface area (TPSA) is 43.9 Å². The summed E-state index contributed by atoms with van der Waals surface area (Å²) in [6, 6.07) is 62.1. The van der Waals surface area contributed by atoms with E-state index in [1.54, 1.807) is 0 Å². The van der Waals surface area contributed by atoms with E-state index in [1.165, 1.54) is 38.5 Å². The maximum Gasteiger partial charge on any atom is 0.180 e. The molecule has 0 fully saturated rings. The van der Waals surface area contributed by atoms with E-state index < -0.39 is 0 Å². The Morgan fingerprint density at radius 3 is 2.07 bits per heavy atom. The fourth-order valence-corrected chi connectivity index (χ4v) is 8.43. The molecule has 7 aromatic carbocycles. The van der Waals surface area contributed by atoms with Gasteiger partial charge < -0.3 is 8.98 Å². The molecule has 56 heavy (non-hydrogen) atoms. The van der Waals surface area contributed by atoms with Crippen molar-refractivity contribution in [1.29, 1.82) is 0 Å². The van der Waals surface area contributed by atoms with Gasteiger partial charge in [0.2, 0.25) is 0 Å². The summed E-state index contributed by atoms with van der Waals surface area (Å²) >= 11 is 0. The van der Waals surface area contributed by atoms with Gasteiger partial charge in [0.05, 0.1) is 11.0 Å². The van der Waals surface area contributed by atoms with Gasteiger partial charge in [-0.3, -0.25) is 0 Å². The van der Waals surface area contributed by atoms with Crippen molar-refractivity contribution in [1.82, 2.24) is 14.5 Å². The Bertz CT molecular complexity index is 3150. The smallest absolute Gasteiger partial charge is 0.180 e. The van der Waals surface area contributed by atoms with Gasteiger partial charge in [-0.05, 0) is 76.7 Å². The number of para-hydroxylation sites is 2. The zero-order valence-corrected chi connectivity index (χ0v) is 30.5. The molecule has 0 amide bonds. The lowest BCUT2D eigenvalue weighted by molar-refractivity contribution is 0.667. The normalized spacial score (nSPS) is 14.2. The highest BCUT2D eigenvalue weighted by atomic mass is 16.3. The average Bonchev–Trinajstić information content (AvgIpc) is 3.82. The minimum absolute atomic E-state index is 0.192. The molecule has 3 heterocycles. The van der Waals surface area contributed by atoms with E-state index in [0.717, 1.165) is 56.5 Å². The first-order valence-electron chi connectivity index (χ1n) is 19.2. The number of aromatic nitrogens is 3. The fourth-order valence-electron chi connectivity index (χ4n) is 8.43. The van der Waals surface area contributed by atoms with Crippen LogP contribution in [0.15, 0.2) is 199 Å². The first kappa shape index (κ1) is 32.2. The van der Waals surface area contributed by atoms with E-state index in [1.807, 2.05) is 24.3 Å². The van der Waals surface area contributed by atoms with Gasteiger partial charge in [0.25, 0.3) is 0 Å². The summed E-state index contributed by atoms with van der Waals surface area (Å²) in [5, 5.41) is 3.52. The molecule has 1 unspecified atom stereocenters. The molecule has 3 aromatic heterocycles. The van der Waals surface area contributed by atoms with Crippen molar-refractivity contribution in [3.05, 3.63) is 205 Å². The Morgan fingerprint density at radius 2 is 1.23 bits per heavy atom. The standard InChI is InChI=1S/C52H35N3O/c1-4-14-34(15-5-1)36-18-13-21-41(31-36)49-51-50(54-52(53-49)35-16-6-2-7-17-35)45-32-39(27-29-48(45)56-51)37-19-12-20-38(30-37)40-26-28-44-43-24-10-11-25-46(43)55(47(44)33-40)42-22-8-3-9-23-42/h1-29,31-33,37H,30H2. The molecule has 11 rings (SSSR count). The SMILES string of the molecule is C1=CC(c2ccc3oc4c(-c5cccc(-c6ccccc6)c5)nc(-c5ccccc5)nc4c3c2)CC(c2ccc3c4ccccc4n(-c4ccccc4)c3c2)=C1. The van der Waals surface area contributed by atoms with E-state index in [0.29, 0.717) is 11.4 Å². The molecule has 4 heteroatoms. The first-order chi connectivity index (χ1) is 27.7. The summed E-state index contributed by atoms with van der Waals surface area (Å²) in [5.41, 5.74) is 14.7. The minimum atomic E-state index is 0.192. The van der Waals surface area contributed by atoms with Crippen LogP contribution in [0.25, 0.3) is 88.9 Å². The molecule has 1 atom stereocenters. The molecule has 0 radical (unpaired) electrons. The molecule has 0 saturated heterocycles. The molecule has 1 aliphatic rings. The van der Waals surface area contributed by atoms with Gasteiger partial charge in [-0.2, -0.15) is 0 Å². The van der Waals surface area contributed by atoms with Gasteiger partial charge in [0.15, 0.2) is 11.4 Å². The van der Waals surface area contributed by atoms with Crippen molar-refractivity contribution in [3.8, 4) is 39.5 Å². The van der Waals surface area contributed by atoms with Crippen LogP contribution in [-0.4, -0.2) is 14.5 Å². The van der Waals surface area contributed by atoms with Gasteiger partial charge in [-0.15, -0.1) is 0 Å². The fraction of sp³-hybridized carbons (Fsp3) is 0.0385. The summed E-state index contributed by atoms with van der Waals surface area (Å²) in [5.74, 6) is 0.870. The summed E-state index contributed by atoms with van der Waals surface area (Å²) in [7, 11) is 0. The van der Waals surface area contributed by atoms with Crippen LogP contribution in [-0.2, 0) is 0 Å². The Morgan fingerprint density at radius 1 is 0.518 bits per heavy atom. The number of fused-ring (bicyclic) bond motifs is 6. The van der Waals surface area contributed by atoms with Crippen LogP contribution in [0.5, 0.6) is 0 Å². The molecule has 10 aromatic rings. The summed E-state index contributed by atoms with van der Waals surface area (Å²) in [6.45, 7) is 0. The Hall–Kier alpha value is -7.30.